The zero-order chi connectivity index (χ0) is 35.4. The Labute approximate surface area is 310 Å². The number of rotatable bonds is 4. The molecule has 4 heterocycles. The topological polar surface area (TPSA) is 20.6 Å². The van der Waals surface area contributed by atoms with Crippen molar-refractivity contribution in [3.8, 4) is 28.3 Å². The van der Waals surface area contributed by atoms with Crippen molar-refractivity contribution in [1.82, 2.24) is 4.57 Å². The second-order valence-electron chi connectivity index (χ2n) is 15.4. The van der Waals surface area contributed by atoms with E-state index < -0.39 is 0 Å². The zero-order valence-electron chi connectivity index (χ0n) is 29.9. The highest BCUT2D eigenvalue weighted by molar-refractivity contribution is 7.00. The first kappa shape index (κ1) is 30.2. The van der Waals surface area contributed by atoms with Crippen molar-refractivity contribution in [3.05, 3.63) is 169 Å². The summed E-state index contributed by atoms with van der Waals surface area (Å²) in [7, 11) is 0. The molecule has 1 aromatic heterocycles. The molecule has 3 aliphatic rings. The van der Waals surface area contributed by atoms with E-state index >= 15 is 0 Å². The fourth-order valence-electron chi connectivity index (χ4n) is 9.02. The third-order valence-electron chi connectivity index (χ3n) is 11.3. The van der Waals surface area contributed by atoms with Gasteiger partial charge in [0, 0.05) is 57.1 Å². The monoisotopic (exact) mass is 681 g/mol. The van der Waals surface area contributed by atoms with Gasteiger partial charge in [-0.25, -0.2) is 0 Å². The predicted molar refractivity (Wildman–Crippen MR) is 222 cm³/mol. The largest absolute Gasteiger partial charge is 0.457 e. The maximum atomic E-state index is 6.77. The van der Waals surface area contributed by atoms with Crippen LogP contribution in [0.3, 0.4) is 0 Å². The van der Waals surface area contributed by atoms with E-state index in [0.717, 1.165) is 34.2 Å². The van der Waals surface area contributed by atoms with Crippen molar-refractivity contribution in [2.24, 2.45) is 0 Å². The van der Waals surface area contributed by atoms with Gasteiger partial charge in [0.2, 0.25) is 0 Å². The van der Waals surface area contributed by atoms with E-state index in [1.807, 2.05) is 30.3 Å². The number of nitrogens with zero attached hydrogens (tertiary/aromatic N) is 3. The van der Waals surface area contributed by atoms with E-state index in [2.05, 4.69) is 169 Å². The number of benzene rings is 7. The standard InChI is InChI=1S/C48H36BN3O/c1-48(2,3)31-25-27-33(28-26-31)50-40-23-13-11-21-38(40)49-45-42(50)29-35(53-34-17-8-5-9-18-34)30-43(45)52-39-22-12-10-19-36(39)37-20-14-24-41-44(37)46(52)47(49)51(41)32-15-6-4-7-16-32/h4-30H,1-3H3. The lowest BCUT2D eigenvalue weighted by atomic mass is 9.35. The molecule has 0 amide bonds. The minimum absolute atomic E-state index is 0.0379. The van der Waals surface area contributed by atoms with Gasteiger partial charge in [0.05, 0.1) is 16.9 Å². The van der Waals surface area contributed by atoms with E-state index in [0.29, 0.717) is 0 Å². The summed E-state index contributed by atoms with van der Waals surface area (Å²) in [5, 5.41) is 1.28. The van der Waals surface area contributed by atoms with Gasteiger partial charge in [0.25, 0.3) is 6.71 Å². The van der Waals surface area contributed by atoms with Crippen molar-refractivity contribution in [1.29, 1.82) is 0 Å². The molecule has 7 aromatic carbocycles. The maximum absolute atomic E-state index is 6.77. The third-order valence-corrected chi connectivity index (χ3v) is 11.3. The number of hydrogen-bond acceptors (Lipinski definition) is 3. The van der Waals surface area contributed by atoms with E-state index in [1.165, 1.54) is 61.2 Å². The molecule has 0 radical (unpaired) electrons. The highest BCUT2D eigenvalue weighted by Gasteiger charge is 2.48. The predicted octanol–water partition coefficient (Wildman–Crippen LogP) is 10.8. The molecule has 0 bridgehead atoms. The van der Waals surface area contributed by atoms with Gasteiger partial charge in [-0.05, 0) is 82.1 Å². The van der Waals surface area contributed by atoms with Crippen LogP contribution in [0, 0.1) is 0 Å². The van der Waals surface area contributed by atoms with Gasteiger partial charge in [-0.2, -0.15) is 0 Å². The van der Waals surface area contributed by atoms with Crippen LogP contribution in [-0.2, 0) is 5.41 Å². The van der Waals surface area contributed by atoms with E-state index in [9.17, 15) is 0 Å². The lowest BCUT2D eigenvalue weighted by Gasteiger charge is -2.45. The number of ether oxygens (including phenoxy) is 1. The summed E-state index contributed by atoms with van der Waals surface area (Å²) in [4.78, 5) is 4.98. The molecule has 252 valence electrons. The van der Waals surface area contributed by atoms with Crippen LogP contribution in [-0.4, -0.2) is 11.3 Å². The van der Waals surface area contributed by atoms with Crippen molar-refractivity contribution in [3.63, 3.8) is 0 Å². The summed E-state index contributed by atoms with van der Waals surface area (Å²) in [6.45, 7) is 6.78. The Morgan fingerprint density at radius 3 is 1.91 bits per heavy atom. The molecule has 11 rings (SSSR count). The molecule has 0 N–H and O–H groups in total. The number of hydrogen-bond donors (Lipinski definition) is 0. The second-order valence-corrected chi connectivity index (χ2v) is 15.4. The maximum Gasteiger partial charge on any atom is 0.273 e. The van der Waals surface area contributed by atoms with Crippen LogP contribution in [0.1, 0.15) is 26.3 Å². The molecule has 0 saturated heterocycles. The Morgan fingerprint density at radius 2 is 1.15 bits per heavy atom. The highest BCUT2D eigenvalue weighted by Crippen LogP contribution is 2.55. The summed E-state index contributed by atoms with van der Waals surface area (Å²) in [6.07, 6.45) is 0. The second kappa shape index (κ2) is 11.0. The minimum atomic E-state index is -0.0379. The lowest BCUT2D eigenvalue weighted by Crippen LogP contribution is -2.63. The molecule has 0 aliphatic carbocycles. The molecule has 3 aliphatic heterocycles. The third kappa shape index (κ3) is 4.31. The number of fused-ring (bicyclic) bond motifs is 7. The number of para-hydroxylation sites is 4. The van der Waals surface area contributed by atoms with Gasteiger partial charge >= 0.3 is 0 Å². The first-order valence-electron chi connectivity index (χ1n) is 18.5. The molecule has 4 nitrogen and oxygen atoms in total. The molecule has 0 atom stereocenters. The molecule has 8 aromatic rings. The van der Waals surface area contributed by atoms with Crippen LogP contribution in [0.25, 0.3) is 27.7 Å². The van der Waals surface area contributed by atoms with Crippen LogP contribution in [0.2, 0.25) is 0 Å². The Kier molecular flexibility index (Phi) is 6.28. The average Bonchev–Trinajstić information content (AvgIpc) is 3.53. The fourth-order valence-corrected chi connectivity index (χ4v) is 9.02. The Bertz CT molecular complexity index is 2750. The van der Waals surface area contributed by atoms with Crippen LogP contribution in [0.4, 0.5) is 34.1 Å². The van der Waals surface area contributed by atoms with Crippen molar-refractivity contribution < 1.29 is 4.74 Å². The van der Waals surface area contributed by atoms with Crippen LogP contribution >= 0.6 is 0 Å². The van der Waals surface area contributed by atoms with Crippen LogP contribution < -0.4 is 31.1 Å². The molecule has 0 unspecified atom stereocenters. The Balaban J connectivity index is 1.28. The molecule has 0 spiro atoms. The summed E-state index contributed by atoms with van der Waals surface area (Å²) in [6, 6.07) is 59.4. The van der Waals surface area contributed by atoms with Crippen LogP contribution in [0.15, 0.2) is 164 Å². The molecule has 0 saturated carbocycles. The fraction of sp³-hybridized carbons (Fsp3) is 0.0833. The Morgan fingerprint density at radius 1 is 0.509 bits per heavy atom. The molecule has 53 heavy (non-hydrogen) atoms. The van der Waals surface area contributed by atoms with Gasteiger partial charge in [0.15, 0.2) is 0 Å². The van der Waals surface area contributed by atoms with Gasteiger partial charge in [-0.15, -0.1) is 0 Å². The van der Waals surface area contributed by atoms with Crippen LogP contribution in [0.5, 0.6) is 11.5 Å². The van der Waals surface area contributed by atoms with Gasteiger partial charge in [0.1, 0.15) is 11.5 Å². The minimum Gasteiger partial charge on any atom is -0.457 e. The van der Waals surface area contributed by atoms with Crippen molar-refractivity contribution in [2.45, 2.75) is 26.2 Å². The first-order chi connectivity index (χ1) is 26.0. The van der Waals surface area contributed by atoms with Gasteiger partial charge in [-0.3, -0.25) is 0 Å². The normalized spacial score (nSPS) is 13.5. The smallest absolute Gasteiger partial charge is 0.273 e. The average molecular weight is 682 g/mol. The molecule has 0 fully saturated rings. The molecule has 5 heteroatoms. The summed E-state index contributed by atoms with van der Waals surface area (Å²) in [5.74, 6) is 1.62. The summed E-state index contributed by atoms with van der Waals surface area (Å²) < 4.78 is 9.30. The van der Waals surface area contributed by atoms with E-state index in [1.54, 1.807) is 0 Å². The van der Waals surface area contributed by atoms with Crippen molar-refractivity contribution >= 4 is 68.3 Å². The lowest BCUT2D eigenvalue weighted by molar-refractivity contribution is 0.483. The zero-order valence-corrected chi connectivity index (χ0v) is 29.9. The molecular weight excluding hydrogens is 645 g/mol. The van der Waals surface area contributed by atoms with Gasteiger partial charge in [-0.1, -0.05) is 118 Å². The van der Waals surface area contributed by atoms with E-state index in [-0.39, 0.29) is 12.1 Å². The summed E-state index contributed by atoms with van der Waals surface area (Å²) >= 11 is 0. The van der Waals surface area contributed by atoms with Gasteiger partial charge < -0.3 is 19.1 Å². The quantitative estimate of drug-likeness (QED) is 0.173. The SMILES string of the molecule is CC(C)(C)c1ccc(N2c3ccccc3B3c4c2cc(Oc2ccccc2)cc4N2c4ccccc4-c4cccc5c4c2c3n5-c2ccccc2)cc1. The number of aromatic nitrogens is 1. The molecular formula is C48H36BN3O. The first-order valence-corrected chi connectivity index (χ1v) is 18.5. The van der Waals surface area contributed by atoms with Crippen molar-refractivity contribution in [2.75, 3.05) is 9.80 Å². The summed E-state index contributed by atoms with van der Waals surface area (Å²) in [5.41, 5.74) is 17.1. The number of anilines is 6. The highest BCUT2D eigenvalue weighted by atomic mass is 16.5. The Hall–Kier alpha value is -6.46. The van der Waals surface area contributed by atoms with E-state index in [4.69, 9.17) is 4.74 Å².